The number of anilines is 3. The number of carbonyl (C=O) groups excluding carboxylic acids is 2. The fourth-order valence-corrected chi connectivity index (χ4v) is 2.49. The van der Waals surface area contributed by atoms with Crippen molar-refractivity contribution in [1.82, 2.24) is 4.98 Å². The Bertz CT molecular complexity index is 906. The molecule has 1 aromatic heterocycles. The topological polar surface area (TPSA) is 71.1 Å². The third kappa shape index (κ3) is 4.77. The molecule has 0 bridgehead atoms. The SMILES string of the molecule is CC(=O)c1cccc(Nc2ccc(NC(=O)Cc3ccccc3)cn2)c1. The summed E-state index contributed by atoms with van der Waals surface area (Å²) >= 11 is 0. The van der Waals surface area contributed by atoms with Gasteiger partial charge in [0, 0.05) is 11.3 Å². The van der Waals surface area contributed by atoms with Crippen molar-refractivity contribution in [1.29, 1.82) is 0 Å². The molecule has 1 amide bonds. The van der Waals surface area contributed by atoms with Crippen molar-refractivity contribution in [3.63, 3.8) is 0 Å². The summed E-state index contributed by atoms with van der Waals surface area (Å²) in [6, 6.07) is 20.4. The lowest BCUT2D eigenvalue weighted by Crippen LogP contribution is -2.14. The largest absolute Gasteiger partial charge is 0.340 e. The molecule has 5 nitrogen and oxygen atoms in total. The van der Waals surface area contributed by atoms with E-state index in [0.29, 0.717) is 23.5 Å². The van der Waals surface area contributed by atoms with Gasteiger partial charge in [0.2, 0.25) is 5.91 Å². The highest BCUT2D eigenvalue weighted by molar-refractivity contribution is 5.95. The van der Waals surface area contributed by atoms with Gasteiger partial charge in [0.25, 0.3) is 0 Å². The molecule has 0 saturated carbocycles. The predicted octanol–water partition coefficient (Wildman–Crippen LogP) is 4.21. The number of amides is 1. The van der Waals surface area contributed by atoms with E-state index in [1.165, 1.54) is 6.92 Å². The first kappa shape index (κ1) is 17.4. The van der Waals surface area contributed by atoms with Crippen molar-refractivity contribution >= 4 is 28.9 Å². The maximum atomic E-state index is 12.1. The summed E-state index contributed by atoms with van der Waals surface area (Å²) in [5, 5.41) is 5.98. The number of Topliss-reactive ketones (excluding diaryl/α,β-unsaturated/α-hetero) is 1. The molecular formula is C21H19N3O2. The normalized spacial score (nSPS) is 10.2. The van der Waals surface area contributed by atoms with Gasteiger partial charge in [0.15, 0.2) is 5.78 Å². The molecule has 130 valence electrons. The minimum atomic E-state index is -0.0899. The Balaban J connectivity index is 1.60. The van der Waals surface area contributed by atoms with E-state index in [1.54, 1.807) is 30.5 Å². The van der Waals surface area contributed by atoms with E-state index in [4.69, 9.17) is 0 Å². The van der Waals surface area contributed by atoms with Crippen molar-refractivity contribution in [2.45, 2.75) is 13.3 Å². The maximum absolute atomic E-state index is 12.1. The molecular weight excluding hydrogens is 326 g/mol. The highest BCUT2D eigenvalue weighted by atomic mass is 16.1. The summed E-state index contributed by atoms with van der Waals surface area (Å²) in [7, 11) is 0. The number of pyridine rings is 1. The summed E-state index contributed by atoms with van der Waals surface area (Å²) in [5.41, 5.74) is 3.02. The van der Waals surface area contributed by atoms with Gasteiger partial charge in [0.1, 0.15) is 5.82 Å². The van der Waals surface area contributed by atoms with Crippen molar-refractivity contribution in [3.05, 3.63) is 84.1 Å². The third-order valence-electron chi connectivity index (χ3n) is 3.80. The smallest absolute Gasteiger partial charge is 0.228 e. The average molecular weight is 345 g/mol. The molecule has 0 radical (unpaired) electrons. The second-order valence-corrected chi connectivity index (χ2v) is 5.90. The van der Waals surface area contributed by atoms with Crippen molar-refractivity contribution in [2.24, 2.45) is 0 Å². The second kappa shape index (κ2) is 8.07. The van der Waals surface area contributed by atoms with Crippen LogP contribution in [-0.2, 0) is 11.2 Å². The van der Waals surface area contributed by atoms with Crippen LogP contribution in [0.3, 0.4) is 0 Å². The molecule has 0 spiro atoms. The Labute approximate surface area is 152 Å². The van der Waals surface area contributed by atoms with Crippen LogP contribution in [0.4, 0.5) is 17.2 Å². The molecule has 0 aliphatic carbocycles. The fraction of sp³-hybridized carbons (Fsp3) is 0.0952. The van der Waals surface area contributed by atoms with Crippen LogP contribution < -0.4 is 10.6 Å². The molecule has 2 aromatic carbocycles. The highest BCUT2D eigenvalue weighted by Gasteiger charge is 2.05. The van der Waals surface area contributed by atoms with Gasteiger partial charge in [-0.2, -0.15) is 0 Å². The van der Waals surface area contributed by atoms with Crippen molar-refractivity contribution in [2.75, 3.05) is 10.6 Å². The Hall–Kier alpha value is -3.47. The van der Waals surface area contributed by atoms with E-state index < -0.39 is 0 Å². The zero-order chi connectivity index (χ0) is 18.4. The van der Waals surface area contributed by atoms with Crippen LogP contribution in [-0.4, -0.2) is 16.7 Å². The van der Waals surface area contributed by atoms with Gasteiger partial charge in [-0.15, -0.1) is 0 Å². The van der Waals surface area contributed by atoms with Crippen molar-refractivity contribution < 1.29 is 9.59 Å². The average Bonchev–Trinajstić information content (AvgIpc) is 2.64. The van der Waals surface area contributed by atoms with Crippen LogP contribution in [0.5, 0.6) is 0 Å². The van der Waals surface area contributed by atoms with Crippen LogP contribution >= 0.6 is 0 Å². The first-order chi connectivity index (χ1) is 12.6. The third-order valence-corrected chi connectivity index (χ3v) is 3.80. The monoisotopic (exact) mass is 345 g/mol. The number of rotatable bonds is 6. The van der Waals surface area contributed by atoms with Crippen LogP contribution in [0.25, 0.3) is 0 Å². The minimum absolute atomic E-state index is 0.0121. The molecule has 0 saturated heterocycles. The molecule has 3 rings (SSSR count). The maximum Gasteiger partial charge on any atom is 0.228 e. The quantitative estimate of drug-likeness (QED) is 0.657. The Kier molecular flexibility index (Phi) is 5.39. The first-order valence-electron chi connectivity index (χ1n) is 8.28. The number of hydrogen-bond donors (Lipinski definition) is 2. The summed E-state index contributed by atoms with van der Waals surface area (Å²) in [6.45, 7) is 1.53. The lowest BCUT2D eigenvalue weighted by molar-refractivity contribution is -0.115. The van der Waals surface area contributed by atoms with Crippen LogP contribution in [0.15, 0.2) is 72.9 Å². The van der Waals surface area contributed by atoms with Gasteiger partial charge < -0.3 is 10.6 Å². The molecule has 5 heteroatoms. The van der Waals surface area contributed by atoms with E-state index >= 15 is 0 Å². The van der Waals surface area contributed by atoms with E-state index in [1.807, 2.05) is 42.5 Å². The molecule has 2 N–H and O–H groups in total. The Morgan fingerprint density at radius 1 is 0.923 bits per heavy atom. The highest BCUT2D eigenvalue weighted by Crippen LogP contribution is 2.18. The number of nitrogens with one attached hydrogen (secondary N) is 2. The van der Waals surface area contributed by atoms with Gasteiger partial charge in [-0.25, -0.2) is 4.98 Å². The molecule has 0 aliphatic heterocycles. The summed E-state index contributed by atoms with van der Waals surface area (Å²) in [5.74, 6) is 0.553. The first-order valence-corrected chi connectivity index (χ1v) is 8.28. The van der Waals surface area contributed by atoms with E-state index in [-0.39, 0.29) is 11.7 Å². The van der Waals surface area contributed by atoms with Crippen molar-refractivity contribution in [3.8, 4) is 0 Å². The summed E-state index contributed by atoms with van der Waals surface area (Å²) in [4.78, 5) is 27.8. The molecule has 1 heterocycles. The molecule has 26 heavy (non-hydrogen) atoms. The van der Waals surface area contributed by atoms with Crippen LogP contribution in [0.1, 0.15) is 22.8 Å². The molecule has 3 aromatic rings. The fourth-order valence-electron chi connectivity index (χ4n) is 2.49. The standard InChI is InChI=1S/C21H19N3O2/c1-15(25)17-8-5-9-18(13-17)23-20-11-10-19(14-22-20)24-21(26)12-16-6-3-2-4-7-16/h2-11,13-14H,12H2,1H3,(H,22,23)(H,24,26). The van der Waals surface area contributed by atoms with Gasteiger partial charge in [-0.3, -0.25) is 9.59 Å². The number of aromatic nitrogens is 1. The van der Waals surface area contributed by atoms with E-state index in [9.17, 15) is 9.59 Å². The zero-order valence-corrected chi connectivity index (χ0v) is 14.4. The minimum Gasteiger partial charge on any atom is -0.340 e. The molecule has 0 atom stereocenters. The number of benzene rings is 2. The second-order valence-electron chi connectivity index (χ2n) is 5.90. The van der Waals surface area contributed by atoms with Gasteiger partial charge in [-0.1, -0.05) is 42.5 Å². The van der Waals surface area contributed by atoms with Gasteiger partial charge in [0.05, 0.1) is 18.3 Å². The summed E-state index contributed by atoms with van der Waals surface area (Å²) < 4.78 is 0. The van der Waals surface area contributed by atoms with Gasteiger partial charge in [-0.05, 0) is 36.8 Å². The predicted molar refractivity (Wildman–Crippen MR) is 103 cm³/mol. The lowest BCUT2D eigenvalue weighted by Gasteiger charge is -2.09. The van der Waals surface area contributed by atoms with E-state index in [2.05, 4.69) is 15.6 Å². The van der Waals surface area contributed by atoms with Crippen LogP contribution in [0, 0.1) is 0 Å². The number of nitrogens with zero attached hydrogens (tertiary/aromatic N) is 1. The summed E-state index contributed by atoms with van der Waals surface area (Å²) in [6.07, 6.45) is 1.92. The van der Waals surface area contributed by atoms with E-state index in [0.717, 1.165) is 11.3 Å². The molecule has 0 unspecified atom stereocenters. The zero-order valence-electron chi connectivity index (χ0n) is 14.4. The number of hydrogen-bond acceptors (Lipinski definition) is 4. The van der Waals surface area contributed by atoms with Gasteiger partial charge >= 0.3 is 0 Å². The Morgan fingerprint density at radius 2 is 1.73 bits per heavy atom. The Morgan fingerprint density at radius 3 is 2.42 bits per heavy atom. The van der Waals surface area contributed by atoms with Crippen LogP contribution in [0.2, 0.25) is 0 Å². The lowest BCUT2D eigenvalue weighted by atomic mass is 10.1. The molecule has 0 fully saturated rings. The number of ketones is 1. The molecule has 0 aliphatic rings. The number of carbonyl (C=O) groups is 2.